The number of amidine groups is 1. The zero-order chi connectivity index (χ0) is 14.5. The molecule has 0 aliphatic carbocycles. The number of carbonyl (C=O) groups is 1. The monoisotopic (exact) mass is 283 g/mol. The number of nitrogens with two attached hydrogens (primary N) is 1. The number of hydrogen-bond donors (Lipinski definition) is 3. The van der Waals surface area contributed by atoms with E-state index in [9.17, 15) is 4.79 Å². The second kappa shape index (κ2) is 6.56. The quantitative estimate of drug-likeness (QED) is 0.324. The predicted octanol–water partition coefficient (Wildman–Crippen LogP) is 2.48. The molecule has 0 fully saturated rings. The van der Waals surface area contributed by atoms with Crippen molar-refractivity contribution in [2.24, 2.45) is 16.3 Å². The molecule has 1 heterocycles. The van der Waals surface area contributed by atoms with E-state index in [1.807, 2.05) is 37.6 Å². The number of thiophene rings is 1. The van der Waals surface area contributed by atoms with E-state index in [1.54, 1.807) is 11.3 Å². The Labute approximate surface area is 117 Å². The van der Waals surface area contributed by atoms with E-state index in [-0.39, 0.29) is 17.8 Å². The van der Waals surface area contributed by atoms with Gasteiger partial charge < -0.3 is 16.3 Å². The summed E-state index contributed by atoms with van der Waals surface area (Å²) in [7, 11) is 0. The summed E-state index contributed by atoms with van der Waals surface area (Å²) in [5.41, 5.74) is 5.82. The summed E-state index contributed by atoms with van der Waals surface area (Å²) < 4.78 is 0. The van der Waals surface area contributed by atoms with Crippen LogP contribution in [0, 0.1) is 5.41 Å². The zero-order valence-electron chi connectivity index (χ0n) is 11.5. The third-order valence-electron chi connectivity index (χ3n) is 3.63. The number of nitrogens with zero attached hydrogens (tertiary/aromatic N) is 1. The fraction of sp³-hybridized carbons (Fsp3) is 0.538. The van der Waals surface area contributed by atoms with Crippen LogP contribution in [0.15, 0.2) is 22.0 Å². The SMILES string of the molecule is CCC(CC)(C(=O)NC(C)c1ccsc1)C(N)=NO. The second-order valence-electron chi connectivity index (χ2n) is 4.53. The third kappa shape index (κ3) is 3.07. The van der Waals surface area contributed by atoms with E-state index in [2.05, 4.69) is 10.5 Å². The first-order valence-electron chi connectivity index (χ1n) is 6.32. The highest BCUT2D eigenvalue weighted by Crippen LogP contribution is 2.28. The van der Waals surface area contributed by atoms with Gasteiger partial charge in [0.05, 0.1) is 6.04 Å². The van der Waals surface area contributed by atoms with Crippen LogP contribution in [0.2, 0.25) is 0 Å². The summed E-state index contributed by atoms with van der Waals surface area (Å²) in [6.07, 6.45) is 0.975. The Morgan fingerprint density at radius 1 is 1.58 bits per heavy atom. The molecule has 1 aromatic rings. The minimum absolute atomic E-state index is 0.0347. The molecule has 1 rings (SSSR count). The lowest BCUT2D eigenvalue weighted by atomic mass is 9.80. The summed E-state index contributed by atoms with van der Waals surface area (Å²) in [6.45, 7) is 5.63. The van der Waals surface area contributed by atoms with Gasteiger partial charge in [0, 0.05) is 0 Å². The Bertz CT molecular complexity index is 439. The Hall–Kier alpha value is -1.56. The summed E-state index contributed by atoms with van der Waals surface area (Å²) in [5, 5.41) is 18.8. The molecule has 5 nitrogen and oxygen atoms in total. The van der Waals surface area contributed by atoms with Gasteiger partial charge >= 0.3 is 0 Å². The van der Waals surface area contributed by atoms with Crippen LogP contribution < -0.4 is 11.1 Å². The minimum Gasteiger partial charge on any atom is -0.409 e. The van der Waals surface area contributed by atoms with E-state index in [0.29, 0.717) is 12.8 Å². The van der Waals surface area contributed by atoms with Crippen LogP contribution in [0.3, 0.4) is 0 Å². The van der Waals surface area contributed by atoms with E-state index in [4.69, 9.17) is 10.9 Å². The van der Waals surface area contributed by atoms with Gasteiger partial charge in [-0.2, -0.15) is 11.3 Å². The standard InChI is InChI=1S/C13H21N3O2S/c1-4-13(5-2,11(14)16-18)12(17)15-9(3)10-6-7-19-8-10/h6-9,18H,4-5H2,1-3H3,(H2,14,16)(H,15,17). The third-order valence-corrected chi connectivity index (χ3v) is 4.33. The lowest BCUT2D eigenvalue weighted by Gasteiger charge is -2.30. The van der Waals surface area contributed by atoms with Crippen LogP contribution in [-0.2, 0) is 4.79 Å². The molecule has 1 atom stereocenters. The van der Waals surface area contributed by atoms with Crippen LogP contribution in [0.5, 0.6) is 0 Å². The van der Waals surface area contributed by atoms with Crippen LogP contribution in [0.4, 0.5) is 0 Å². The van der Waals surface area contributed by atoms with Gasteiger partial charge in [-0.25, -0.2) is 0 Å². The number of rotatable bonds is 6. The van der Waals surface area contributed by atoms with Gasteiger partial charge in [0.15, 0.2) is 5.84 Å². The van der Waals surface area contributed by atoms with E-state index >= 15 is 0 Å². The number of nitrogens with one attached hydrogen (secondary N) is 1. The molecule has 4 N–H and O–H groups in total. The molecule has 6 heteroatoms. The maximum atomic E-state index is 12.5. The normalized spacial score (nSPS) is 14.2. The van der Waals surface area contributed by atoms with Gasteiger partial charge in [0.2, 0.25) is 5.91 Å². The first kappa shape index (κ1) is 15.5. The van der Waals surface area contributed by atoms with Crippen molar-refractivity contribution in [1.82, 2.24) is 5.32 Å². The van der Waals surface area contributed by atoms with E-state index < -0.39 is 5.41 Å². The smallest absolute Gasteiger partial charge is 0.234 e. The molecule has 0 saturated heterocycles. The Balaban J connectivity index is 2.90. The Kier molecular flexibility index (Phi) is 5.35. The lowest BCUT2D eigenvalue weighted by molar-refractivity contribution is -0.128. The van der Waals surface area contributed by atoms with Crippen LogP contribution in [0.1, 0.15) is 45.2 Å². The van der Waals surface area contributed by atoms with Crippen molar-refractivity contribution in [3.8, 4) is 0 Å². The highest BCUT2D eigenvalue weighted by molar-refractivity contribution is 7.07. The molecule has 0 radical (unpaired) electrons. The summed E-state index contributed by atoms with van der Waals surface area (Å²) >= 11 is 1.59. The molecule has 1 amide bonds. The largest absolute Gasteiger partial charge is 0.409 e. The van der Waals surface area contributed by atoms with Crippen LogP contribution >= 0.6 is 11.3 Å². The highest BCUT2D eigenvalue weighted by Gasteiger charge is 2.40. The highest BCUT2D eigenvalue weighted by atomic mass is 32.1. The van der Waals surface area contributed by atoms with Crippen molar-refractivity contribution in [3.63, 3.8) is 0 Å². The molecule has 0 bridgehead atoms. The molecule has 1 unspecified atom stereocenters. The van der Waals surface area contributed by atoms with Gasteiger partial charge in [-0.3, -0.25) is 4.79 Å². The van der Waals surface area contributed by atoms with Gasteiger partial charge in [-0.1, -0.05) is 19.0 Å². The molecule has 1 aromatic heterocycles. The van der Waals surface area contributed by atoms with E-state index in [1.165, 1.54) is 0 Å². The molecule has 0 spiro atoms. The molecule has 0 aliphatic heterocycles. The number of amides is 1. The number of oxime groups is 1. The maximum Gasteiger partial charge on any atom is 0.234 e. The average molecular weight is 283 g/mol. The van der Waals surface area contributed by atoms with Crippen molar-refractivity contribution >= 4 is 23.1 Å². The summed E-state index contributed by atoms with van der Waals surface area (Å²) in [4.78, 5) is 12.5. The topological polar surface area (TPSA) is 87.7 Å². The molecular weight excluding hydrogens is 262 g/mol. The number of hydrogen-bond acceptors (Lipinski definition) is 4. The van der Waals surface area contributed by atoms with Crippen LogP contribution in [-0.4, -0.2) is 17.0 Å². The van der Waals surface area contributed by atoms with Crippen molar-refractivity contribution < 1.29 is 10.0 Å². The van der Waals surface area contributed by atoms with Gasteiger partial charge in [-0.15, -0.1) is 0 Å². The maximum absolute atomic E-state index is 12.5. The molecule has 0 saturated carbocycles. The average Bonchev–Trinajstić information content (AvgIpc) is 2.94. The number of carbonyl (C=O) groups excluding carboxylic acids is 1. The molecule has 106 valence electrons. The van der Waals surface area contributed by atoms with Crippen molar-refractivity contribution in [2.45, 2.75) is 39.7 Å². The van der Waals surface area contributed by atoms with Gasteiger partial charge in [-0.05, 0) is 42.2 Å². The molecule has 19 heavy (non-hydrogen) atoms. The zero-order valence-corrected chi connectivity index (χ0v) is 12.3. The van der Waals surface area contributed by atoms with Crippen molar-refractivity contribution in [1.29, 1.82) is 0 Å². The predicted molar refractivity (Wildman–Crippen MR) is 77.3 cm³/mol. The second-order valence-corrected chi connectivity index (χ2v) is 5.31. The fourth-order valence-electron chi connectivity index (χ4n) is 2.08. The van der Waals surface area contributed by atoms with Crippen molar-refractivity contribution in [3.05, 3.63) is 22.4 Å². The first-order chi connectivity index (χ1) is 9.01. The fourth-order valence-corrected chi connectivity index (χ4v) is 2.84. The summed E-state index contributed by atoms with van der Waals surface area (Å²) in [5.74, 6) is -0.237. The lowest BCUT2D eigenvalue weighted by Crippen LogP contribution is -2.49. The molecular formula is C13H21N3O2S. The van der Waals surface area contributed by atoms with Crippen molar-refractivity contribution in [2.75, 3.05) is 0 Å². The Morgan fingerprint density at radius 3 is 2.63 bits per heavy atom. The summed E-state index contributed by atoms with van der Waals surface area (Å²) in [6, 6.07) is 1.88. The molecule has 0 aliphatic rings. The molecule has 0 aromatic carbocycles. The van der Waals surface area contributed by atoms with Gasteiger partial charge in [0.25, 0.3) is 0 Å². The first-order valence-corrected chi connectivity index (χ1v) is 7.27. The Morgan fingerprint density at radius 2 is 2.21 bits per heavy atom. The van der Waals surface area contributed by atoms with E-state index in [0.717, 1.165) is 5.56 Å². The minimum atomic E-state index is -0.945. The van der Waals surface area contributed by atoms with Crippen LogP contribution in [0.25, 0.3) is 0 Å². The van der Waals surface area contributed by atoms with Gasteiger partial charge in [0.1, 0.15) is 5.41 Å².